The Morgan fingerprint density at radius 1 is 1.47 bits per heavy atom. The Labute approximate surface area is 90.2 Å². The smallest absolute Gasteiger partial charge is 0.305 e. The van der Waals surface area contributed by atoms with Gasteiger partial charge in [-0.2, -0.15) is 0 Å². The van der Waals surface area contributed by atoms with Gasteiger partial charge in [-0.1, -0.05) is 13.3 Å². The number of hydrogen-bond acceptors (Lipinski definition) is 3. The predicted molar refractivity (Wildman–Crippen MR) is 57.3 cm³/mol. The van der Waals surface area contributed by atoms with Crippen LogP contribution in [0.25, 0.3) is 0 Å². The fraction of sp³-hybridized carbons (Fsp3) is 0.800. The maximum absolute atomic E-state index is 11.6. The van der Waals surface area contributed by atoms with Crippen molar-refractivity contribution in [2.45, 2.75) is 26.2 Å². The summed E-state index contributed by atoms with van der Waals surface area (Å²) in [6.07, 6.45) is 1.26. The summed E-state index contributed by atoms with van der Waals surface area (Å²) < 4.78 is 0. The zero-order valence-corrected chi connectivity index (χ0v) is 9.40. The zero-order chi connectivity index (χ0) is 11.8. The van der Waals surface area contributed by atoms with E-state index >= 15 is 0 Å². The highest BCUT2D eigenvalue weighted by atomic mass is 16.4. The van der Waals surface area contributed by atoms with Gasteiger partial charge in [-0.3, -0.25) is 9.59 Å². The second kappa shape index (κ2) is 7.23. The number of hydrogen-bond donors (Lipinski definition) is 2. The molecule has 0 heterocycles. The monoisotopic (exact) mass is 216 g/mol. The highest BCUT2D eigenvalue weighted by Crippen LogP contribution is 2.08. The maximum atomic E-state index is 11.6. The van der Waals surface area contributed by atoms with Gasteiger partial charge in [0.05, 0.1) is 6.42 Å². The molecular weight excluding hydrogens is 196 g/mol. The lowest BCUT2D eigenvalue weighted by Crippen LogP contribution is -2.31. The average molecular weight is 216 g/mol. The normalized spacial score (nSPS) is 12.2. The number of rotatable bonds is 7. The van der Waals surface area contributed by atoms with E-state index in [2.05, 4.69) is 0 Å². The molecule has 0 aromatic carbocycles. The molecule has 0 saturated carbocycles. The maximum Gasteiger partial charge on any atom is 0.305 e. The summed E-state index contributed by atoms with van der Waals surface area (Å²) in [4.78, 5) is 23.3. The van der Waals surface area contributed by atoms with Crippen LogP contribution in [0.3, 0.4) is 0 Å². The Balaban J connectivity index is 3.92. The number of carbonyl (C=O) groups is 2. The molecule has 5 heteroatoms. The summed E-state index contributed by atoms with van der Waals surface area (Å²) in [7, 11) is 1.62. The first kappa shape index (κ1) is 13.9. The molecule has 1 amide bonds. The summed E-state index contributed by atoms with van der Waals surface area (Å²) in [5.41, 5.74) is 5.49. The fourth-order valence-electron chi connectivity index (χ4n) is 1.19. The highest BCUT2D eigenvalue weighted by Gasteiger charge is 2.14. The molecule has 1 atom stereocenters. The third kappa shape index (κ3) is 6.06. The Bertz CT molecular complexity index is 215. The van der Waals surface area contributed by atoms with Crippen molar-refractivity contribution in [3.63, 3.8) is 0 Å². The molecule has 5 nitrogen and oxygen atoms in total. The zero-order valence-electron chi connectivity index (χ0n) is 9.40. The summed E-state index contributed by atoms with van der Waals surface area (Å²) in [6.45, 7) is 2.74. The van der Waals surface area contributed by atoms with E-state index < -0.39 is 5.97 Å². The van der Waals surface area contributed by atoms with Gasteiger partial charge in [-0.15, -0.1) is 0 Å². The molecule has 0 aromatic rings. The minimum absolute atomic E-state index is 0.0122. The minimum atomic E-state index is -0.888. The molecule has 88 valence electrons. The molecule has 3 N–H and O–H groups in total. The van der Waals surface area contributed by atoms with E-state index in [1.807, 2.05) is 6.92 Å². The van der Waals surface area contributed by atoms with Crippen molar-refractivity contribution in [1.82, 2.24) is 4.90 Å². The van der Waals surface area contributed by atoms with Crippen molar-refractivity contribution in [3.05, 3.63) is 0 Å². The molecule has 0 radical (unpaired) electrons. The van der Waals surface area contributed by atoms with Crippen LogP contribution in [0.1, 0.15) is 26.2 Å². The van der Waals surface area contributed by atoms with E-state index in [4.69, 9.17) is 10.8 Å². The van der Waals surface area contributed by atoms with Gasteiger partial charge >= 0.3 is 5.97 Å². The van der Waals surface area contributed by atoms with Crippen LogP contribution in [-0.4, -0.2) is 42.0 Å². The predicted octanol–water partition coefficient (Wildman–Crippen LogP) is 0.295. The van der Waals surface area contributed by atoms with Gasteiger partial charge in [0.1, 0.15) is 0 Å². The number of carboxylic acid groups (broad SMARTS) is 1. The molecule has 0 spiro atoms. The van der Waals surface area contributed by atoms with Gasteiger partial charge in [-0.25, -0.2) is 0 Å². The molecule has 0 bridgehead atoms. The van der Waals surface area contributed by atoms with Gasteiger partial charge in [0.15, 0.2) is 0 Å². The fourth-order valence-corrected chi connectivity index (χ4v) is 1.19. The Hall–Kier alpha value is -1.10. The summed E-state index contributed by atoms with van der Waals surface area (Å²) >= 11 is 0. The molecule has 0 fully saturated rings. The van der Waals surface area contributed by atoms with Crippen molar-refractivity contribution < 1.29 is 14.7 Å². The lowest BCUT2D eigenvalue weighted by atomic mass is 10.0. The molecule has 0 rings (SSSR count). The van der Waals surface area contributed by atoms with E-state index in [0.29, 0.717) is 13.0 Å². The van der Waals surface area contributed by atoms with Crippen molar-refractivity contribution in [2.24, 2.45) is 11.7 Å². The standard InChI is InChI=1S/C10H20N2O3/c1-3-8(7-11)6-9(13)12(2)5-4-10(14)15/h8H,3-7,11H2,1-2H3,(H,14,15). The lowest BCUT2D eigenvalue weighted by Gasteiger charge is -2.19. The second-order valence-electron chi connectivity index (χ2n) is 3.67. The quantitative estimate of drug-likeness (QED) is 0.641. The largest absolute Gasteiger partial charge is 0.481 e. The lowest BCUT2D eigenvalue weighted by molar-refractivity contribution is -0.138. The molecule has 0 saturated heterocycles. The summed E-state index contributed by atoms with van der Waals surface area (Å²) in [5.74, 6) is -0.723. The average Bonchev–Trinajstić information content (AvgIpc) is 2.21. The van der Waals surface area contributed by atoms with Crippen LogP contribution in [0.15, 0.2) is 0 Å². The van der Waals surface area contributed by atoms with E-state index in [9.17, 15) is 9.59 Å². The number of carbonyl (C=O) groups excluding carboxylic acids is 1. The van der Waals surface area contributed by atoms with Crippen molar-refractivity contribution in [3.8, 4) is 0 Å². The first-order valence-corrected chi connectivity index (χ1v) is 5.17. The van der Waals surface area contributed by atoms with E-state index in [1.165, 1.54) is 4.90 Å². The van der Waals surface area contributed by atoms with Crippen LogP contribution in [-0.2, 0) is 9.59 Å². The Kier molecular flexibility index (Phi) is 6.70. The van der Waals surface area contributed by atoms with Crippen molar-refractivity contribution >= 4 is 11.9 Å². The number of nitrogens with zero attached hydrogens (tertiary/aromatic N) is 1. The van der Waals surface area contributed by atoms with Gasteiger partial charge in [0.2, 0.25) is 5.91 Å². The molecule has 15 heavy (non-hydrogen) atoms. The van der Waals surface area contributed by atoms with E-state index in [0.717, 1.165) is 6.42 Å². The second-order valence-corrected chi connectivity index (χ2v) is 3.67. The summed E-state index contributed by atoms with van der Waals surface area (Å²) in [6, 6.07) is 0. The van der Waals surface area contributed by atoms with Crippen LogP contribution in [0.4, 0.5) is 0 Å². The van der Waals surface area contributed by atoms with Gasteiger partial charge < -0.3 is 15.7 Å². The number of carboxylic acids is 1. The van der Waals surface area contributed by atoms with Gasteiger partial charge in [-0.05, 0) is 12.5 Å². The minimum Gasteiger partial charge on any atom is -0.481 e. The molecule has 0 aliphatic heterocycles. The number of nitrogens with two attached hydrogens (primary N) is 1. The molecule has 0 aromatic heterocycles. The van der Waals surface area contributed by atoms with Gasteiger partial charge in [0.25, 0.3) is 0 Å². The Morgan fingerprint density at radius 2 is 2.07 bits per heavy atom. The van der Waals surface area contributed by atoms with E-state index in [1.54, 1.807) is 7.05 Å². The van der Waals surface area contributed by atoms with E-state index in [-0.39, 0.29) is 24.8 Å². The van der Waals surface area contributed by atoms with Crippen LogP contribution >= 0.6 is 0 Å². The molecule has 1 unspecified atom stereocenters. The number of aliphatic carboxylic acids is 1. The van der Waals surface area contributed by atoms with Crippen LogP contribution < -0.4 is 5.73 Å². The Morgan fingerprint density at radius 3 is 2.47 bits per heavy atom. The first-order valence-electron chi connectivity index (χ1n) is 5.17. The summed E-state index contributed by atoms with van der Waals surface area (Å²) in [5, 5.41) is 8.46. The molecular formula is C10H20N2O3. The van der Waals surface area contributed by atoms with Gasteiger partial charge in [0, 0.05) is 20.0 Å². The molecule has 0 aliphatic rings. The van der Waals surface area contributed by atoms with Crippen molar-refractivity contribution in [2.75, 3.05) is 20.1 Å². The third-order valence-electron chi connectivity index (χ3n) is 2.46. The van der Waals surface area contributed by atoms with Crippen LogP contribution in [0, 0.1) is 5.92 Å². The van der Waals surface area contributed by atoms with Crippen LogP contribution in [0.5, 0.6) is 0 Å². The van der Waals surface area contributed by atoms with Crippen LogP contribution in [0.2, 0.25) is 0 Å². The number of amides is 1. The molecule has 0 aliphatic carbocycles. The van der Waals surface area contributed by atoms with Crippen molar-refractivity contribution in [1.29, 1.82) is 0 Å². The third-order valence-corrected chi connectivity index (χ3v) is 2.46. The highest BCUT2D eigenvalue weighted by molar-refractivity contribution is 5.77. The SMILES string of the molecule is CCC(CN)CC(=O)N(C)CCC(=O)O. The first-order chi connectivity index (χ1) is 7.01. The topological polar surface area (TPSA) is 83.6 Å².